The highest BCUT2D eigenvalue weighted by Gasteiger charge is 2.08. The maximum absolute atomic E-state index is 5.66. The third-order valence-corrected chi connectivity index (χ3v) is 4.03. The van der Waals surface area contributed by atoms with E-state index in [2.05, 4.69) is 32.2 Å². The average molecular weight is 506 g/mol. The van der Waals surface area contributed by atoms with E-state index in [4.69, 9.17) is 4.74 Å². The predicted octanol–water partition coefficient (Wildman–Crippen LogP) is 3.36. The molecule has 0 aliphatic carbocycles. The molecular weight excluding hydrogens is 479 g/mol. The number of ether oxygens (including phenoxy) is 1. The quantitative estimate of drug-likeness (QED) is 0.220. The van der Waals surface area contributed by atoms with Gasteiger partial charge in [0, 0.05) is 38.1 Å². The number of pyridine rings is 1. The van der Waals surface area contributed by atoms with Crippen molar-refractivity contribution in [2.75, 3.05) is 26.7 Å². The van der Waals surface area contributed by atoms with E-state index in [-0.39, 0.29) is 24.0 Å². The highest BCUT2D eigenvalue weighted by molar-refractivity contribution is 14.0. The van der Waals surface area contributed by atoms with Crippen LogP contribution in [0.3, 0.4) is 0 Å². The molecule has 0 saturated heterocycles. The lowest BCUT2D eigenvalue weighted by Crippen LogP contribution is -2.38. The average Bonchev–Trinajstić information content (AvgIpc) is 3.20. The molecule has 154 valence electrons. The Hall–Kier alpha value is -2.62. The monoisotopic (exact) mass is 506 g/mol. The van der Waals surface area contributed by atoms with Crippen LogP contribution in [0.4, 0.5) is 0 Å². The van der Waals surface area contributed by atoms with E-state index < -0.39 is 0 Å². The van der Waals surface area contributed by atoms with Gasteiger partial charge in [0.1, 0.15) is 12.4 Å². The molecular formula is C21H27IN6O. The number of nitrogens with one attached hydrogen (secondary N) is 1. The summed E-state index contributed by atoms with van der Waals surface area (Å²) in [5, 5.41) is 7.78. The zero-order chi connectivity index (χ0) is 19.6. The summed E-state index contributed by atoms with van der Waals surface area (Å²) in [7, 11) is 2.02. The van der Waals surface area contributed by atoms with E-state index in [0.717, 1.165) is 29.5 Å². The first-order valence-electron chi connectivity index (χ1n) is 9.37. The lowest BCUT2D eigenvalue weighted by atomic mass is 10.3. The van der Waals surface area contributed by atoms with Crippen molar-refractivity contribution in [1.82, 2.24) is 25.0 Å². The van der Waals surface area contributed by atoms with Gasteiger partial charge < -0.3 is 15.0 Å². The van der Waals surface area contributed by atoms with Gasteiger partial charge in [-0.15, -0.1) is 24.0 Å². The topological polar surface area (TPSA) is 67.6 Å². The first-order valence-corrected chi connectivity index (χ1v) is 9.37. The second-order valence-electron chi connectivity index (χ2n) is 6.26. The number of benzene rings is 1. The number of aromatic nitrogens is 3. The second-order valence-corrected chi connectivity index (χ2v) is 6.26. The van der Waals surface area contributed by atoms with Crippen LogP contribution in [-0.2, 0) is 6.54 Å². The van der Waals surface area contributed by atoms with Crippen molar-refractivity contribution in [3.05, 3.63) is 72.8 Å². The number of nitrogens with zero attached hydrogens (tertiary/aromatic N) is 5. The van der Waals surface area contributed by atoms with Gasteiger partial charge in [-0.3, -0.25) is 4.98 Å². The van der Waals surface area contributed by atoms with Gasteiger partial charge in [0.05, 0.1) is 24.6 Å². The van der Waals surface area contributed by atoms with Crippen molar-refractivity contribution < 1.29 is 4.74 Å². The summed E-state index contributed by atoms with van der Waals surface area (Å²) >= 11 is 0. The Bertz CT molecular complexity index is 869. The fraction of sp³-hybridized carbons (Fsp3) is 0.286. The predicted molar refractivity (Wildman–Crippen MR) is 126 cm³/mol. The number of hydrogen-bond donors (Lipinski definition) is 1. The Kier molecular flexibility index (Phi) is 9.42. The molecule has 0 amide bonds. The van der Waals surface area contributed by atoms with Crippen LogP contribution in [0.25, 0.3) is 5.69 Å². The molecule has 29 heavy (non-hydrogen) atoms. The largest absolute Gasteiger partial charge is 0.490 e. The fourth-order valence-electron chi connectivity index (χ4n) is 2.73. The molecule has 0 spiro atoms. The molecule has 1 aromatic carbocycles. The number of rotatable bonds is 8. The van der Waals surface area contributed by atoms with Gasteiger partial charge in [-0.1, -0.05) is 18.2 Å². The molecule has 0 bridgehead atoms. The first kappa shape index (κ1) is 22.7. The molecule has 0 aliphatic heterocycles. The smallest absolute Gasteiger partial charge is 0.194 e. The minimum Gasteiger partial charge on any atom is -0.490 e. The number of guanidine groups is 1. The molecule has 0 aliphatic rings. The van der Waals surface area contributed by atoms with Crippen molar-refractivity contribution in [3.8, 4) is 11.4 Å². The van der Waals surface area contributed by atoms with Crippen LogP contribution in [-0.4, -0.2) is 52.4 Å². The minimum atomic E-state index is 0. The molecule has 3 rings (SSSR count). The molecule has 0 radical (unpaired) electrons. The Morgan fingerprint density at radius 3 is 2.72 bits per heavy atom. The van der Waals surface area contributed by atoms with Crippen LogP contribution in [0.2, 0.25) is 0 Å². The molecule has 0 fully saturated rings. The SMILES string of the molecule is CCNC(=NCCOc1cccnc1)N(C)Cc1cnn(-c2ccccc2)c1.I. The number of hydrogen-bond acceptors (Lipinski definition) is 4. The summed E-state index contributed by atoms with van der Waals surface area (Å²) in [5.41, 5.74) is 2.16. The molecule has 8 heteroatoms. The van der Waals surface area contributed by atoms with Gasteiger partial charge in [0.25, 0.3) is 0 Å². The summed E-state index contributed by atoms with van der Waals surface area (Å²) in [6.45, 7) is 4.63. The van der Waals surface area contributed by atoms with Crippen molar-refractivity contribution in [2.45, 2.75) is 13.5 Å². The van der Waals surface area contributed by atoms with Gasteiger partial charge in [0.2, 0.25) is 0 Å². The van der Waals surface area contributed by atoms with Crippen molar-refractivity contribution in [3.63, 3.8) is 0 Å². The highest BCUT2D eigenvalue weighted by Crippen LogP contribution is 2.09. The molecule has 0 unspecified atom stereocenters. The number of para-hydroxylation sites is 1. The van der Waals surface area contributed by atoms with Crippen LogP contribution in [0.5, 0.6) is 5.75 Å². The normalized spacial score (nSPS) is 10.9. The van der Waals surface area contributed by atoms with Crippen LogP contribution in [0, 0.1) is 0 Å². The van der Waals surface area contributed by atoms with Gasteiger partial charge >= 0.3 is 0 Å². The standard InChI is InChI=1S/C21H26N6O.HI/c1-3-23-21(24-12-13-28-20-10-7-11-22-15-20)26(2)16-18-14-25-27(17-18)19-8-5-4-6-9-19;/h4-11,14-15,17H,3,12-13,16H2,1-2H3,(H,23,24);1H. The zero-order valence-corrected chi connectivity index (χ0v) is 19.1. The molecule has 1 N–H and O–H groups in total. The van der Waals surface area contributed by atoms with Crippen molar-refractivity contribution >= 4 is 29.9 Å². The van der Waals surface area contributed by atoms with Gasteiger partial charge in [-0.25, -0.2) is 9.67 Å². The van der Waals surface area contributed by atoms with E-state index in [1.54, 1.807) is 12.4 Å². The van der Waals surface area contributed by atoms with Crippen LogP contribution >= 0.6 is 24.0 Å². The number of aliphatic imine (C=N–C) groups is 1. The van der Waals surface area contributed by atoms with E-state index in [9.17, 15) is 0 Å². The molecule has 2 aromatic heterocycles. The summed E-state index contributed by atoms with van der Waals surface area (Å²) in [6.07, 6.45) is 7.36. The zero-order valence-electron chi connectivity index (χ0n) is 16.7. The van der Waals surface area contributed by atoms with E-state index in [0.29, 0.717) is 19.7 Å². The second kappa shape index (κ2) is 12.1. The van der Waals surface area contributed by atoms with Crippen molar-refractivity contribution in [2.24, 2.45) is 4.99 Å². The third-order valence-electron chi connectivity index (χ3n) is 4.03. The summed E-state index contributed by atoms with van der Waals surface area (Å²) < 4.78 is 7.54. The fourth-order valence-corrected chi connectivity index (χ4v) is 2.73. The van der Waals surface area contributed by atoms with Crippen molar-refractivity contribution in [1.29, 1.82) is 0 Å². The molecule has 0 atom stereocenters. The lowest BCUT2D eigenvalue weighted by Gasteiger charge is -2.21. The third kappa shape index (κ3) is 7.04. The van der Waals surface area contributed by atoms with E-state index in [1.165, 1.54) is 0 Å². The highest BCUT2D eigenvalue weighted by atomic mass is 127. The van der Waals surface area contributed by atoms with Gasteiger partial charge in [-0.05, 0) is 31.2 Å². The maximum Gasteiger partial charge on any atom is 0.194 e. The van der Waals surface area contributed by atoms with E-state index >= 15 is 0 Å². The Balaban J connectivity index is 0.00000300. The van der Waals surface area contributed by atoms with E-state index in [1.807, 2.05) is 66.6 Å². The van der Waals surface area contributed by atoms with Gasteiger partial charge in [0.15, 0.2) is 5.96 Å². The molecule has 0 saturated carbocycles. The van der Waals surface area contributed by atoms with Crippen LogP contribution < -0.4 is 10.1 Å². The summed E-state index contributed by atoms with van der Waals surface area (Å²) in [4.78, 5) is 10.8. The summed E-state index contributed by atoms with van der Waals surface area (Å²) in [5.74, 6) is 1.59. The number of halogens is 1. The molecule has 2 heterocycles. The Labute approximate surface area is 188 Å². The lowest BCUT2D eigenvalue weighted by molar-refractivity contribution is 0.326. The molecule has 3 aromatic rings. The Morgan fingerprint density at radius 2 is 2.00 bits per heavy atom. The van der Waals surface area contributed by atoms with Crippen LogP contribution in [0.15, 0.2) is 72.2 Å². The molecule has 7 nitrogen and oxygen atoms in total. The minimum absolute atomic E-state index is 0. The first-order chi connectivity index (χ1) is 13.8. The maximum atomic E-state index is 5.66. The summed E-state index contributed by atoms with van der Waals surface area (Å²) in [6, 6.07) is 13.8. The van der Waals surface area contributed by atoms with Crippen LogP contribution in [0.1, 0.15) is 12.5 Å². The van der Waals surface area contributed by atoms with Gasteiger partial charge in [-0.2, -0.15) is 5.10 Å². The Morgan fingerprint density at radius 1 is 1.17 bits per heavy atom.